The minimum atomic E-state index is 0. The Morgan fingerprint density at radius 1 is 0.571 bits per heavy atom. The fourth-order valence-corrected chi connectivity index (χ4v) is 7.16. The van der Waals surface area contributed by atoms with E-state index in [1.54, 1.807) is 0 Å². The van der Waals surface area contributed by atoms with E-state index in [9.17, 15) is 0 Å². The third-order valence-electron chi connectivity index (χ3n) is 10.4. The summed E-state index contributed by atoms with van der Waals surface area (Å²) < 4.78 is 6.29. The van der Waals surface area contributed by atoms with Crippen LogP contribution in [-0.4, -0.2) is 9.97 Å². The van der Waals surface area contributed by atoms with Crippen LogP contribution in [0, 0.1) is 39.8 Å². The average Bonchev–Trinajstić information content (AvgIpc) is 3.58. The van der Waals surface area contributed by atoms with Gasteiger partial charge in [-0.25, -0.2) is 0 Å². The third kappa shape index (κ3) is 7.86. The van der Waals surface area contributed by atoms with Gasteiger partial charge < -0.3 is 14.4 Å². The molecule has 279 valence electrons. The molecular formula is C52H44IrN2O-2. The quantitative estimate of drug-likeness (QED) is 0.165. The standard InChI is InChI=1S/C39H32NO.C13H12N.Ir/c1-24-19-29-20-27(26-15-17-30(18-16-26)39(3,4)5)13-14-28(29)21-34(24)35-22-36(40-23-25(35)2)33-11-8-10-32-31-9-6-7-12-37(31)41-38(32)33;1-10-3-6-12(7-4-10)13-8-5-11(2)9-14-13;/h6-10,12-23H,1-5H3;3-6,8-9H,1-2H3;/q2*-1;. The molecule has 1 radical (unpaired) electrons. The summed E-state index contributed by atoms with van der Waals surface area (Å²) in [5, 5.41) is 4.67. The first-order valence-electron chi connectivity index (χ1n) is 18.9. The first-order chi connectivity index (χ1) is 26.5. The van der Waals surface area contributed by atoms with E-state index in [0.717, 1.165) is 50.0 Å². The molecule has 0 aliphatic heterocycles. The van der Waals surface area contributed by atoms with Gasteiger partial charge in [0.25, 0.3) is 0 Å². The molecule has 0 bridgehead atoms. The molecular weight excluding hydrogens is 861 g/mol. The Labute approximate surface area is 343 Å². The van der Waals surface area contributed by atoms with Crippen LogP contribution < -0.4 is 0 Å². The Bertz CT molecular complexity index is 2760. The van der Waals surface area contributed by atoms with Crippen molar-refractivity contribution in [2.75, 3.05) is 0 Å². The van der Waals surface area contributed by atoms with Gasteiger partial charge >= 0.3 is 0 Å². The number of aryl methyl sites for hydroxylation is 4. The van der Waals surface area contributed by atoms with E-state index in [1.165, 1.54) is 55.3 Å². The van der Waals surface area contributed by atoms with Crippen molar-refractivity contribution in [3.8, 4) is 44.8 Å². The predicted molar refractivity (Wildman–Crippen MR) is 230 cm³/mol. The molecule has 3 nitrogen and oxygen atoms in total. The molecule has 0 atom stereocenters. The number of pyridine rings is 2. The van der Waals surface area contributed by atoms with Gasteiger partial charge in [0.05, 0.1) is 5.58 Å². The normalized spacial score (nSPS) is 11.3. The number of hydrogen-bond donors (Lipinski definition) is 0. The Kier molecular flexibility index (Phi) is 10.9. The number of furan rings is 1. The molecule has 0 fully saturated rings. The number of rotatable bonds is 4. The molecule has 0 spiro atoms. The van der Waals surface area contributed by atoms with E-state index in [2.05, 4.69) is 144 Å². The Morgan fingerprint density at radius 3 is 2.04 bits per heavy atom. The fourth-order valence-electron chi connectivity index (χ4n) is 7.16. The van der Waals surface area contributed by atoms with Crippen molar-refractivity contribution in [1.29, 1.82) is 0 Å². The molecule has 56 heavy (non-hydrogen) atoms. The molecule has 9 aromatic rings. The van der Waals surface area contributed by atoms with Crippen molar-refractivity contribution >= 4 is 32.7 Å². The molecule has 0 saturated carbocycles. The van der Waals surface area contributed by atoms with E-state index in [0.29, 0.717) is 0 Å². The maximum Gasteiger partial charge on any atom is 0.120 e. The minimum absolute atomic E-state index is 0. The molecule has 0 aliphatic rings. The van der Waals surface area contributed by atoms with Crippen LogP contribution in [0.4, 0.5) is 0 Å². The molecule has 9 rings (SSSR count). The summed E-state index contributed by atoms with van der Waals surface area (Å²) in [5.41, 5.74) is 16.7. The molecule has 3 heterocycles. The van der Waals surface area contributed by atoms with E-state index >= 15 is 0 Å². The first kappa shape index (κ1) is 38.6. The van der Waals surface area contributed by atoms with Crippen LogP contribution in [0.25, 0.3) is 77.5 Å². The van der Waals surface area contributed by atoms with Gasteiger partial charge in [-0.3, -0.25) is 0 Å². The predicted octanol–water partition coefficient (Wildman–Crippen LogP) is 14.0. The second-order valence-corrected chi connectivity index (χ2v) is 15.6. The molecule has 3 aromatic heterocycles. The average molecular weight is 905 g/mol. The number of para-hydroxylation sites is 1. The van der Waals surface area contributed by atoms with Gasteiger partial charge in [0.2, 0.25) is 0 Å². The van der Waals surface area contributed by atoms with Gasteiger partial charge in [-0.2, -0.15) is 0 Å². The number of aromatic nitrogens is 2. The topological polar surface area (TPSA) is 38.9 Å². The molecule has 6 aromatic carbocycles. The monoisotopic (exact) mass is 905 g/mol. The van der Waals surface area contributed by atoms with Gasteiger partial charge in [-0.15, -0.1) is 53.6 Å². The summed E-state index contributed by atoms with van der Waals surface area (Å²) in [7, 11) is 0. The Balaban J connectivity index is 0.000000271. The van der Waals surface area contributed by atoms with Crippen LogP contribution in [0.15, 0.2) is 144 Å². The smallest absolute Gasteiger partial charge is 0.120 e. The Hall–Kier alpha value is -5.67. The number of nitrogens with zero attached hydrogens (tertiary/aromatic N) is 2. The number of benzene rings is 6. The zero-order valence-electron chi connectivity index (χ0n) is 32.9. The van der Waals surface area contributed by atoms with E-state index < -0.39 is 0 Å². The summed E-state index contributed by atoms with van der Waals surface area (Å²) in [6.07, 6.45) is 3.84. The van der Waals surface area contributed by atoms with Gasteiger partial charge in [0.15, 0.2) is 0 Å². The summed E-state index contributed by atoms with van der Waals surface area (Å²) in [6.45, 7) is 15.2. The fraction of sp³-hybridized carbons (Fsp3) is 0.154. The molecule has 4 heteroatoms. The van der Waals surface area contributed by atoms with Crippen LogP contribution in [0.1, 0.15) is 48.6 Å². The summed E-state index contributed by atoms with van der Waals surface area (Å²) in [4.78, 5) is 9.17. The molecule has 0 unspecified atom stereocenters. The van der Waals surface area contributed by atoms with Crippen LogP contribution in [0.2, 0.25) is 0 Å². The van der Waals surface area contributed by atoms with Gasteiger partial charge in [0, 0.05) is 37.9 Å². The van der Waals surface area contributed by atoms with Crippen molar-refractivity contribution in [3.63, 3.8) is 0 Å². The van der Waals surface area contributed by atoms with Crippen molar-refractivity contribution in [2.45, 2.75) is 53.9 Å². The molecule has 0 saturated heterocycles. The van der Waals surface area contributed by atoms with Crippen molar-refractivity contribution in [3.05, 3.63) is 180 Å². The largest absolute Gasteiger partial charge is 0.501 e. The van der Waals surface area contributed by atoms with Crippen molar-refractivity contribution in [1.82, 2.24) is 9.97 Å². The van der Waals surface area contributed by atoms with Crippen molar-refractivity contribution in [2.24, 2.45) is 0 Å². The van der Waals surface area contributed by atoms with Crippen LogP contribution >= 0.6 is 0 Å². The zero-order valence-corrected chi connectivity index (χ0v) is 35.3. The van der Waals surface area contributed by atoms with Gasteiger partial charge in [-0.05, 0) is 111 Å². The summed E-state index contributed by atoms with van der Waals surface area (Å²) in [6, 6.07) is 51.6. The minimum Gasteiger partial charge on any atom is -0.501 e. The van der Waals surface area contributed by atoms with Gasteiger partial charge in [-0.1, -0.05) is 118 Å². The first-order valence-corrected chi connectivity index (χ1v) is 18.9. The maximum absolute atomic E-state index is 6.29. The third-order valence-corrected chi connectivity index (χ3v) is 10.4. The zero-order chi connectivity index (χ0) is 38.3. The molecule has 0 N–H and O–H groups in total. The van der Waals surface area contributed by atoms with Crippen LogP contribution in [-0.2, 0) is 25.5 Å². The summed E-state index contributed by atoms with van der Waals surface area (Å²) >= 11 is 0. The molecule has 0 aliphatic carbocycles. The Morgan fingerprint density at radius 2 is 1.30 bits per heavy atom. The van der Waals surface area contributed by atoms with Gasteiger partial charge in [0.1, 0.15) is 5.58 Å². The van der Waals surface area contributed by atoms with Crippen LogP contribution in [0.5, 0.6) is 0 Å². The van der Waals surface area contributed by atoms with E-state index in [4.69, 9.17) is 9.40 Å². The SMILES string of the molecule is Cc1c[c-]c(-c2ccc(C)cn2)cc1.Cc1cnc(-c2[c-]ccc3c2oc2ccccc23)cc1-c1cc2ccc(-c3ccc(C(C)(C)C)cc3)cc2cc1C.[Ir]. The second kappa shape index (κ2) is 15.8. The van der Waals surface area contributed by atoms with E-state index in [1.807, 2.05) is 61.8 Å². The maximum atomic E-state index is 6.29. The van der Waals surface area contributed by atoms with Crippen molar-refractivity contribution < 1.29 is 24.5 Å². The number of hydrogen-bond acceptors (Lipinski definition) is 3. The van der Waals surface area contributed by atoms with E-state index in [-0.39, 0.29) is 25.5 Å². The molecule has 0 amide bonds. The summed E-state index contributed by atoms with van der Waals surface area (Å²) in [5.74, 6) is 0. The number of fused-ring (bicyclic) bond motifs is 4. The second-order valence-electron chi connectivity index (χ2n) is 15.6. The van der Waals surface area contributed by atoms with Crippen LogP contribution in [0.3, 0.4) is 0 Å².